The third-order valence-corrected chi connectivity index (χ3v) is 6.59. The zero-order chi connectivity index (χ0) is 19.4. The molecule has 3 heteroatoms. The summed E-state index contributed by atoms with van der Waals surface area (Å²) in [6.07, 6.45) is 8.58. The van der Waals surface area contributed by atoms with Gasteiger partial charge in [-0.15, -0.1) is 0 Å². The lowest BCUT2D eigenvalue weighted by Crippen LogP contribution is -2.61. The molecule has 3 fully saturated rings. The van der Waals surface area contributed by atoms with Crippen molar-refractivity contribution < 1.29 is 0 Å². The monoisotopic (exact) mass is 367 g/mol. The first-order valence-electron chi connectivity index (χ1n) is 11.9. The number of nitrogens with one attached hydrogen (secondary N) is 1. The molecule has 1 saturated carbocycles. The van der Waals surface area contributed by atoms with Gasteiger partial charge in [-0.25, -0.2) is 0 Å². The molecule has 0 unspecified atom stereocenters. The van der Waals surface area contributed by atoms with Gasteiger partial charge in [-0.05, 0) is 63.6 Å². The summed E-state index contributed by atoms with van der Waals surface area (Å²) in [7, 11) is 0. The highest BCUT2D eigenvalue weighted by Crippen LogP contribution is 2.37. The molecular weight excluding hydrogens is 318 g/mol. The summed E-state index contributed by atoms with van der Waals surface area (Å²) in [5.74, 6) is 1.97. The Kier molecular flexibility index (Phi) is 12.1. The van der Waals surface area contributed by atoms with E-state index in [9.17, 15) is 0 Å². The van der Waals surface area contributed by atoms with E-state index in [-0.39, 0.29) is 0 Å². The molecule has 1 N–H and O–H groups in total. The smallest absolute Gasteiger partial charge is 0.00822 e. The van der Waals surface area contributed by atoms with Gasteiger partial charge in [0.25, 0.3) is 0 Å². The summed E-state index contributed by atoms with van der Waals surface area (Å²) < 4.78 is 0. The normalized spacial score (nSPS) is 23.2. The molecule has 3 rings (SSSR count). The zero-order valence-electron chi connectivity index (χ0n) is 18.9. The fourth-order valence-electron chi connectivity index (χ4n) is 4.72. The maximum atomic E-state index is 3.49. The van der Waals surface area contributed by atoms with Gasteiger partial charge in [0, 0.05) is 38.1 Å². The van der Waals surface area contributed by atoms with Crippen molar-refractivity contribution in [1.29, 1.82) is 0 Å². The molecule has 156 valence electrons. The Morgan fingerprint density at radius 3 is 2.00 bits per heavy atom. The van der Waals surface area contributed by atoms with E-state index in [4.69, 9.17) is 0 Å². The third-order valence-electron chi connectivity index (χ3n) is 6.59. The van der Waals surface area contributed by atoms with Gasteiger partial charge in [0.1, 0.15) is 0 Å². The second-order valence-electron chi connectivity index (χ2n) is 8.34. The minimum atomic E-state index is 0.604. The van der Waals surface area contributed by atoms with Crippen LogP contribution in [0.4, 0.5) is 0 Å². The molecule has 0 atom stereocenters. The van der Waals surface area contributed by atoms with Gasteiger partial charge in [0.15, 0.2) is 0 Å². The predicted octanol–water partition coefficient (Wildman–Crippen LogP) is 4.87. The number of hydrogen-bond donors (Lipinski definition) is 1. The molecule has 0 amide bonds. The van der Waals surface area contributed by atoms with Crippen LogP contribution in [0.2, 0.25) is 0 Å². The Hall–Kier alpha value is -0.120. The summed E-state index contributed by atoms with van der Waals surface area (Å²) in [6, 6.07) is 0. The van der Waals surface area contributed by atoms with Crippen molar-refractivity contribution in [3.8, 4) is 0 Å². The van der Waals surface area contributed by atoms with E-state index in [2.05, 4.69) is 29.0 Å². The Bertz CT molecular complexity index is 328. The van der Waals surface area contributed by atoms with Gasteiger partial charge in [-0.3, -0.25) is 0 Å². The molecule has 0 aromatic heterocycles. The highest BCUT2D eigenvalue weighted by atomic mass is 15.2. The van der Waals surface area contributed by atoms with E-state index in [1.807, 2.05) is 27.7 Å². The van der Waals surface area contributed by atoms with Gasteiger partial charge in [-0.2, -0.15) is 0 Å². The van der Waals surface area contributed by atoms with E-state index in [0.717, 1.165) is 11.8 Å². The van der Waals surface area contributed by atoms with E-state index < -0.39 is 0 Å². The molecule has 3 nitrogen and oxygen atoms in total. The van der Waals surface area contributed by atoms with Crippen LogP contribution < -0.4 is 5.32 Å². The van der Waals surface area contributed by atoms with Crippen LogP contribution in [-0.2, 0) is 0 Å². The molecule has 0 spiro atoms. The predicted molar refractivity (Wildman–Crippen MR) is 117 cm³/mol. The standard InChI is InChI=1S/C19H37N3.2C2H6/c1-3-19(14-21(4-2)12-17-6-5-7-17)15-22(16-19)13-18-8-10-20-11-9-18;2*1-2/h17-18,20H,3-16H2,1-2H3;2*1-2H3. The van der Waals surface area contributed by atoms with Crippen LogP contribution in [0.15, 0.2) is 0 Å². The van der Waals surface area contributed by atoms with Crippen molar-refractivity contribution in [3.05, 3.63) is 0 Å². The molecule has 1 aliphatic carbocycles. The van der Waals surface area contributed by atoms with Crippen molar-refractivity contribution in [3.63, 3.8) is 0 Å². The maximum absolute atomic E-state index is 3.49. The maximum Gasteiger partial charge on any atom is 0.00822 e. The number of nitrogens with zero attached hydrogens (tertiary/aromatic N) is 2. The van der Waals surface area contributed by atoms with Gasteiger partial charge >= 0.3 is 0 Å². The van der Waals surface area contributed by atoms with E-state index in [0.29, 0.717) is 5.41 Å². The van der Waals surface area contributed by atoms with Gasteiger partial charge < -0.3 is 15.1 Å². The molecule has 0 aromatic rings. The highest BCUT2D eigenvalue weighted by Gasteiger charge is 2.43. The quantitative estimate of drug-likeness (QED) is 0.660. The second-order valence-corrected chi connectivity index (χ2v) is 8.34. The van der Waals surface area contributed by atoms with Crippen LogP contribution in [0.5, 0.6) is 0 Å². The number of hydrogen-bond acceptors (Lipinski definition) is 3. The van der Waals surface area contributed by atoms with Crippen molar-refractivity contribution in [2.45, 2.75) is 80.1 Å². The van der Waals surface area contributed by atoms with E-state index in [1.165, 1.54) is 90.9 Å². The topological polar surface area (TPSA) is 18.5 Å². The third kappa shape index (κ3) is 7.13. The Morgan fingerprint density at radius 1 is 0.923 bits per heavy atom. The van der Waals surface area contributed by atoms with Gasteiger partial charge in [-0.1, -0.05) is 48.0 Å². The average molecular weight is 368 g/mol. The number of rotatable bonds is 8. The minimum absolute atomic E-state index is 0.604. The van der Waals surface area contributed by atoms with Crippen LogP contribution >= 0.6 is 0 Å². The van der Waals surface area contributed by atoms with Crippen LogP contribution in [0, 0.1) is 17.3 Å². The van der Waals surface area contributed by atoms with Crippen LogP contribution in [0.3, 0.4) is 0 Å². The first-order valence-corrected chi connectivity index (χ1v) is 11.9. The molecule has 0 aromatic carbocycles. The zero-order valence-corrected chi connectivity index (χ0v) is 18.9. The number of piperidine rings is 1. The highest BCUT2D eigenvalue weighted by molar-refractivity contribution is 4.97. The van der Waals surface area contributed by atoms with Gasteiger partial charge in [0.05, 0.1) is 0 Å². The summed E-state index contributed by atoms with van der Waals surface area (Å²) in [5, 5.41) is 3.49. The first kappa shape index (κ1) is 23.9. The fraction of sp³-hybridized carbons (Fsp3) is 1.00. The first-order chi connectivity index (χ1) is 12.7. The fourth-order valence-corrected chi connectivity index (χ4v) is 4.72. The Morgan fingerprint density at radius 2 is 1.54 bits per heavy atom. The van der Waals surface area contributed by atoms with Crippen molar-refractivity contribution >= 4 is 0 Å². The van der Waals surface area contributed by atoms with Gasteiger partial charge in [0.2, 0.25) is 0 Å². The molecule has 2 aliphatic heterocycles. The van der Waals surface area contributed by atoms with Crippen molar-refractivity contribution in [1.82, 2.24) is 15.1 Å². The largest absolute Gasteiger partial charge is 0.317 e. The molecule has 0 radical (unpaired) electrons. The van der Waals surface area contributed by atoms with Crippen LogP contribution in [0.1, 0.15) is 80.1 Å². The van der Waals surface area contributed by atoms with E-state index in [1.54, 1.807) is 0 Å². The lowest BCUT2D eigenvalue weighted by molar-refractivity contribution is -0.0422. The summed E-state index contributed by atoms with van der Waals surface area (Å²) in [5.41, 5.74) is 0.604. The summed E-state index contributed by atoms with van der Waals surface area (Å²) in [6.45, 7) is 23.3. The van der Waals surface area contributed by atoms with Crippen molar-refractivity contribution in [2.24, 2.45) is 17.3 Å². The summed E-state index contributed by atoms with van der Waals surface area (Å²) >= 11 is 0. The molecule has 0 bridgehead atoms. The Labute approximate surface area is 165 Å². The SMILES string of the molecule is CC.CC.CCN(CC1CCC1)CC1(CC)CN(CC2CCNCC2)C1. The summed E-state index contributed by atoms with van der Waals surface area (Å²) in [4.78, 5) is 5.51. The van der Waals surface area contributed by atoms with Crippen molar-refractivity contribution in [2.75, 3.05) is 52.4 Å². The Balaban J connectivity index is 0.000000791. The average Bonchev–Trinajstić information content (AvgIpc) is 2.65. The van der Waals surface area contributed by atoms with E-state index >= 15 is 0 Å². The van der Waals surface area contributed by atoms with Crippen LogP contribution in [0.25, 0.3) is 0 Å². The lowest BCUT2D eigenvalue weighted by atomic mass is 9.75. The molecule has 2 saturated heterocycles. The molecule has 26 heavy (non-hydrogen) atoms. The lowest BCUT2D eigenvalue weighted by Gasteiger charge is -2.53. The molecule has 2 heterocycles. The molecule has 3 aliphatic rings. The molecular formula is C23H49N3. The van der Waals surface area contributed by atoms with Crippen LogP contribution in [-0.4, -0.2) is 62.2 Å². The number of likely N-dealkylation sites (tertiary alicyclic amines) is 1. The second kappa shape index (κ2) is 13.1. The minimum Gasteiger partial charge on any atom is -0.317 e.